The summed E-state index contributed by atoms with van der Waals surface area (Å²) in [5, 5.41) is 12.4. The average Bonchev–Trinajstić information content (AvgIpc) is 3.40. The van der Waals surface area contributed by atoms with E-state index in [0.29, 0.717) is 13.0 Å². The second-order valence-electron chi connectivity index (χ2n) is 9.80. The first-order valence-corrected chi connectivity index (χ1v) is 12.1. The van der Waals surface area contributed by atoms with Crippen molar-refractivity contribution in [1.29, 1.82) is 0 Å². The number of carbonyl (C=O) groups excluding carboxylic acids is 2. The van der Waals surface area contributed by atoms with Crippen LogP contribution >= 0.6 is 0 Å². The molecule has 8 heteroatoms. The maximum atomic E-state index is 13.5. The largest absolute Gasteiger partial charge is 0.480 e. The lowest BCUT2D eigenvalue weighted by Crippen LogP contribution is -2.58. The van der Waals surface area contributed by atoms with Crippen molar-refractivity contribution in [2.75, 3.05) is 26.4 Å². The molecule has 35 heavy (non-hydrogen) atoms. The number of carboxylic acids is 1. The number of amides is 2. The van der Waals surface area contributed by atoms with Crippen LogP contribution in [0.2, 0.25) is 0 Å². The van der Waals surface area contributed by atoms with E-state index in [1.54, 1.807) is 6.92 Å². The van der Waals surface area contributed by atoms with Crippen LogP contribution in [0.15, 0.2) is 48.5 Å². The number of ether oxygens (including phenoxy) is 2. The summed E-state index contributed by atoms with van der Waals surface area (Å²) >= 11 is 0. The predicted molar refractivity (Wildman–Crippen MR) is 128 cm³/mol. The third kappa shape index (κ3) is 4.16. The van der Waals surface area contributed by atoms with Gasteiger partial charge in [0.1, 0.15) is 12.6 Å². The first-order chi connectivity index (χ1) is 16.9. The minimum atomic E-state index is -1.06. The molecule has 0 saturated carbocycles. The first-order valence-electron chi connectivity index (χ1n) is 12.1. The molecule has 2 amide bonds. The maximum absolute atomic E-state index is 13.5. The number of benzene rings is 2. The van der Waals surface area contributed by atoms with Crippen molar-refractivity contribution in [3.8, 4) is 11.1 Å². The fourth-order valence-corrected chi connectivity index (χ4v) is 5.63. The maximum Gasteiger partial charge on any atom is 0.407 e. The summed E-state index contributed by atoms with van der Waals surface area (Å²) in [7, 11) is 0. The highest BCUT2D eigenvalue weighted by Crippen LogP contribution is 2.44. The van der Waals surface area contributed by atoms with Gasteiger partial charge in [-0.2, -0.15) is 0 Å². The Morgan fingerprint density at radius 1 is 1.09 bits per heavy atom. The molecule has 2 fully saturated rings. The number of alkyl carbamates (subject to hydrolysis) is 1. The zero-order chi connectivity index (χ0) is 24.6. The first kappa shape index (κ1) is 23.4. The van der Waals surface area contributed by atoms with Gasteiger partial charge in [0.2, 0.25) is 5.91 Å². The van der Waals surface area contributed by atoms with Crippen molar-refractivity contribution in [3.63, 3.8) is 0 Å². The van der Waals surface area contributed by atoms with E-state index in [1.807, 2.05) is 24.3 Å². The van der Waals surface area contributed by atoms with Gasteiger partial charge in [-0.3, -0.25) is 4.79 Å². The van der Waals surface area contributed by atoms with Crippen molar-refractivity contribution < 1.29 is 29.0 Å². The van der Waals surface area contributed by atoms with Gasteiger partial charge in [-0.1, -0.05) is 48.5 Å². The molecule has 2 aromatic carbocycles. The van der Waals surface area contributed by atoms with Crippen LogP contribution in [0.1, 0.15) is 43.2 Å². The highest BCUT2D eigenvalue weighted by molar-refractivity contribution is 5.89. The highest BCUT2D eigenvalue weighted by atomic mass is 16.5. The Balaban J connectivity index is 1.26. The molecule has 0 aromatic heterocycles. The van der Waals surface area contributed by atoms with Crippen LogP contribution in [-0.2, 0) is 19.1 Å². The highest BCUT2D eigenvalue weighted by Gasteiger charge is 2.51. The number of carboxylic acid groups (broad SMARTS) is 1. The van der Waals surface area contributed by atoms with Gasteiger partial charge < -0.3 is 24.8 Å². The molecule has 3 atom stereocenters. The lowest BCUT2D eigenvalue weighted by Gasteiger charge is -2.39. The molecule has 2 aliphatic heterocycles. The van der Waals surface area contributed by atoms with Gasteiger partial charge in [0.25, 0.3) is 0 Å². The molecule has 5 rings (SSSR count). The molecule has 2 unspecified atom stereocenters. The molecule has 0 spiro atoms. The van der Waals surface area contributed by atoms with E-state index in [9.17, 15) is 19.5 Å². The smallest absolute Gasteiger partial charge is 0.407 e. The Bertz CT molecular complexity index is 1100. The fraction of sp³-hybridized carbons (Fsp3) is 0.444. The SMILES string of the molecule is CC1(C(=O)N2CCCC[C@H]2C(=O)O)COCC1NC(=O)OCC1c2ccccc2-c2ccccc21. The van der Waals surface area contributed by atoms with Crippen molar-refractivity contribution in [1.82, 2.24) is 10.2 Å². The molecule has 2 N–H and O–H groups in total. The Labute approximate surface area is 204 Å². The number of hydrogen-bond donors (Lipinski definition) is 2. The third-order valence-electron chi connectivity index (χ3n) is 7.63. The van der Waals surface area contributed by atoms with Crippen LogP contribution in [0.3, 0.4) is 0 Å². The molecule has 0 radical (unpaired) electrons. The fourth-order valence-electron chi connectivity index (χ4n) is 5.63. The Morgan fingerprint density at radius 2 is 1.74 bits per heavy atom. The molecular formula is C27H30N2O6. The zero-order valence-electron chi connectivity index (χ0n) is 19.7. The Kier molecular flexibility index (Phi) is 6.23. The summed E-state index contributed by atoms with van der Waals surface area (Å²) < 4.78 is 11.2. The number of aliphatic carboxylic acids is 1. The summed E-state index contributed by atoms with van der Waals surface area (Å²) in [5.74, 6) is -1.36. The molecule has 2 heterocycles. The van der Waals surface area contributed by atoms with E-state index in [-0.39, 0.29) is 31.6 Å². The van der Waals surface area contributed by atoms with Crippen LogP contribution in [0.4, 0.5) is 4.79 Å². The quantitative estimate of drug-likeness (QED) is 0.683. The summed E-state index contributed by atoms with van der Waals surface area (Å²) in [6.45, 7) is 2.57. The Morgan fingerprint density at radius 3 is 2.40 bits per heavy atom. The van der Waals surface area contributed by atoms with Crippen LogP contribution < -0.4 is 5.32 Å². The van der Waals surface area contributed by atoms with E-state index >= 15 is 0 Å². The number of nitrogens with one attached hydrogen (secondary N) is 1. The van der Waals surface area contributed by atoms with Crippen molar-refractivity contribution in [2.45, 2.75) is 44.2 Å². The minimum absolute atomic E-state index is 0.0642. The van der Waals surface area contributed by atoms with Crippen LogP contribution in [0.5, 0.6) is 0 Å². The third-order valence-corrected chi connectivity index (χ3v) is 7.63. The van der Waals surface area contributed by atoms with E-state index in [0.717, 1.165) is 35.1 Å². The van der Waals surface area contributed by atoms with Gasteiger partial charge in [0.05, 0.1) is 24.7 Å². The number of fused-ring (bicyclic) bond motifs is 3. The van der Waals surface area contributed by atoms with Gasteiger partial charge in [0.15, 0.2) is 0 Å². The summed E-state index contributed by atoms with van der Waals surface area (Å²) in [5.41, 5.74) is 3.48. The lowest BCUT2D eigenvalue weighted by atomic mass is 9.82. The number of piperidine rings is 1. The van der Waals surface area contributed by atoms with Gasteiger partial charge in [0, 0.05) is 12.5 Å². The standard InChI is InChI=1S/C27H30N2O6/c1-27(25(32)29-13-7-6-12-22(29)24(30)31)16-34-15-23(27)28-26(33)35-14-21-19-10-4-2-8-17(19)18-9-3-5-11-20(18)21/h2-5,8-11,21-23H,6-7,12-16H2,1H3,(H,28,33)(H,30,31)/t22-,23?,27?/m0/s1. The lowest BCUT2D eigenvalue weighted by molar-refractivity contribution is -0.157. The van der Waals surface area contributed by atoms with Crippen LogP contribution in [0.25, 0.3) is 11.1 Å². The summed E-state index contributed by atoms with van der Waals surface area (Å²) in [6, 6.07) is 14.8. The average molecular weight is 479 g/mol. The molecule has 184 valence electrons. The monoisotopic (exact) mass is 478 g/mol. The normalized spacial score (nSPS) is 25.6. The second-order valence-corrected chi connectivity index (χ2v) is 9.80. The molecular weight excluding hydrogens is 448 g/mol. The molecule has 3 aliphatic rings. The molecule has 2 saturated heterocycles. The van der Waals surface area contributed by atoms with E-state index in [2.05, 4.69) is 29.6 Å². The molecule has 1 aliphatic carbocycles. The van der Waals surface area contributed by atoms with Gasteiger partial charge in [-0.25, -0.2) is 9.59 Å². The number of likely N-dealkylation sites (tertiary alicyclic amines) is 1. The van der Waals surface area contributed by atoms with Crippen molar-refractivity contribution in [3.05, 3.63) is 59.7 Å². The number of rotatable bonds is 5. The van der Waals surface area contributed by atoms with E-state index < -0.39 is 29.6 Å². The summed E-state index contributed by atoms with van der Waals surface area (Å²) in [4.78, 5) is 39.4. The van der Waals surface area contributed by atoms with Crippen LogP contribution in [-0.4, -0.2) is 66.4 Å². The Hall–Kier alpha value is -3.39. The topological polar surface area (TPSA) is 105 Å². The predicted octanol–water partition coefficient (Wildman–Crippen LogP) is 3.40. The van der Waals surface area contributed by atoms with Gasteiger partial charge in [-0.15, -0.1) is 0 Å². The number of hydrogen-bond acceptors (Lipinski definition) is 5. The van der Waals surface area contributed by atoms with E-state index in [1.165, 1.54) is 4.90 Å². The van der Waals surface area contributed by atoms with Crippen molar-refractivity contribution in [2.24, 2.45) is 5.41 Å². The van der Waals surface area contributed by atoms with Crippen molar-refractivity contribution >= 4 is 18.0 Å². The second kappa shape index (κ2) is 9.34. The number of nitrogens with zero attached hydrogens (tertiary/aromatic N) is 1. The van der Waals surface area contributed by atoms with Gasteiger partial charge >= 0.3 is 12.1 Å². The molecule has 2 aromatic rings. The minimum Gasteiger partial charge on any atom is -0.480 e. The summed E-state index contributed by atoms with van der Waals surface area (Å²) in [6.07, 6.45) is 1.35. The van der Waals surface area contributed by atoms with Gasteiger partial charge in [-0.05, 0) is 48.4 Å². The molecule has 0 bridgehead atoms. The molecule has 8 nitrogen and oxygen atoms in total. The van der Waals surface area contributed by atoms with E-state index in [4.69, 9.17) is 9.47 Å². The zero-order valence-corrected chi connectivity index (χ0v) is 19.7. The van der Waals surface area contributed by atoms with Crippen LogP contribution in [0, 0.1) is 5.41 Å². The number of carbonyl (C=O) groups is 3.